The number of aryl methyl sites for hydroxylation is 4. The number of benzene rings is 1. The van der Waals surface area contributed by atoms with Crippen LogP contribution in [-0.4, -0.2) is 16.1 Å². The van der Waals surface area contributed by atoms with Crippen molar-refractivity contribution in [3.8, 4) is 0 Å². The van der Waals surface area contributed by atoms with Gasteiger partial charge in [-0.3, -0.25) is 0 Å². The number of hydrogen-bond acceptors (Lipinski definition) is 2. The first kappa shape index (κ1) is 13.4. The first-order chi connectivity index (χ1) is 9.20. The molecule has 1 N–H and O–H groups in total. The molecule has 3 heteroatoms. The van der Waals surface area contributed by atoms with Crippen LogP contribution in [0.5, 0.6) is 0 Å². The highest BCUT2D eigenvalue weighted by Gasteiger charge is 2.05. The molecule has 2 rings (SSSR count). The Kier molecular flexibility index (Phi) is 4.39. The molecule has 0 radical (unpaired) electrons. The fourth-order valence-corrected chi connectivity index (χ4v) is 2.15. The van der Waals surface area contributed by atoms with Gasteiger partial charge in [0, 0.05) is 19.3 Å². The lowest BCUT2D eigenvalue weighted by Crippen LogP contribution is -2.08. The van der Waals surface area contributed by atoms with Crippen molar-refractivity contribution in [1.29, 1.82) is 0 Å². The smallest absolute Gasteiger partial charge is 0.203 e. The molecule has 0 saturated heterocycles. The third kappa shape index (κ3) is 3.47. The highest BCUT2D eigenvalue weighted by atomic mass is 15.2. The van der Waals surface area contributed by atoms with Crippen LogP contribution in [0.25, 0.3) is 0 Å². The maximum Gasteiger partial charge on any atom is 0.203 e. The molecule has 0 aliphatic heterocycles. The maximum atomic E-state index is 4.49. The summed E-state index contributed by atoms with van der Waals surface area (Å²) in [4.78, 5) is 4.49. The highest BCUT2D eigenvalue weighted by Crippen LogP contribution is 2.13. The number of imidazole rings is 1. The van der Waals surface area contributed by atoms with Crippen LogP contribution in [0.15, 0.2) is 43.1 Å². The van der Waals surface area contributed by atoms with Gasteiger partial charge in [0.15, 0.2) is 0 Å². The van der Waals surface area contributed by atoms with Crippen LogP contribution in [0.4, 0.5) is 5.95 Å². The molecule has 0 atom stereocenters. The summed E-state index contributed by atoms with van der Waals surface area (Å²) in [5, 5.41) is 3.27. The molecule has 0 unspecified atom stereocenters. The van der Waals surface area contributed by atoms with Crippen molar-refractivity contribution in [2.45, 2.75) is 26.8 Å². The molecule has 0 fully saturated rings. The number of anilines is 1. The molecule has 100 valence electrons. The average molecular weight is 255 g/mol. The zero-order valence-electron chi connectivity index (χ0n) is 11.7. The molecule has 1 aromatic carbocycles. The van der Waals surface area contributed by atoms with Gasteiger partial charge < -0.3 is 9.88 Å². The van der Waals surface area contributed by atoms with E-state index in [9.17, 15) is 0 Å². The van der Waals surface area contributed by atoms with Crippen molar-refractivity contribution < 1.29 is 0 Å². The lowest BCUT2D eigenvalue weighted by atomic mass is 10.1. The summed E-state index contributed by atoms with van der Waals surface area (Å²) in [7, 11) is 0. The molecule has 0 bridgehead atoms. The van der Waals surface area contributed by atoms with E-state index in [4.69, 9.17) is 0 Å². The van der Waals surface area contributed by atoms with E-state index >= 15 is 0 Å². The molecule has 0 amide bonds. The SMILES string of the molecule is C=CCNc1nc(C)cn1CCc1ccccc1C. The van der Waals surface area contributed by atoms with E-state index in [1.54, 1.807) is 0 Å². The Labute approximate surface area is 115 Å². The van der Waals surface area contributed by atoms with Crippen molar-refractivity contribution >= 4 is 5.95 Å². The van der Waals surface area contributed by atoms with E-state index in [1.807, 2.05) is 13.0 Å². The van der Waals surface area contributed by atoms with Gasteiger partial charge in [-0.2, -0.15) is 0 Å². The van der Waals surface area contributed by atoms with Crippen LogP contribution in [0.1, 0.15) is 16.8 Å². The lowest BCUT2D eigenvalue weighted by molar-refractivity contribution is 0.699. The zero-order valence-corrected chi connectivity index (χ0v) is 11.7. The first-order valence-corrected chi connectivity index (χ1v) is 6.63. The summed E-state index contributed by atoms with van der Waals surface area (Å²) >= 11 is 0. The Morgan fingerprint density at radius 3 is 2.84 bits per heavy atom. The van der Waals surface area contributed by atoms with E-state index in [1.165, 1.54) is 11.1 Å². The van der Waals surface area contributed by atoms with Crippen LogP contribution in [-0.2, 0) is 13.0 Å². The minimum absolute atomic E-state index is 0.737. The molecular formula is C16H21N3. The predicted octanol–water partition coefficient (Wildman–Crippen LogP) is 3.34. The molecule has 1 aromatic heterocycles. The zero-order chi connectivity index (χ0) is 13.7. The van der Waals surface area contributed by atoms with Crippen molar-refractivity contribution in [2.75, 3.05) is 11.9 Å². The molecule has 3 nitrogen and oxygen atoms in total. The molecule has 2 aromatic rings. The van der Waals surface area contributed by atoms with E-state index in [0.717, 1.165) is 31.2 Å². The summed E-state index contributed by atoms with van der Waals surface area (Å²) in [6, 6.07) is 8.52. The third-order valence-corrected chi connectivity index (χ3v) is 3.18. The van der Waals surface area contributed by atoms with E-state index < -0.39 is 0 Å². The molecule has 0 saturated carbocycles. The Balaban J connectivity index is 2.06. The van der Waals surface area contributed by atoms with Crippen molar-refractivity contribution in [2.24, 2.45) is 0 Å². The van der Waals surface area contributed by atoms with Crippen LogP contribution in [0, 0.1) is 13.8 Å². The van der Waals surface area contributed by atoms with Gasteiger partial charge >= 0.3 is 0 Å². The second-order valence-electron chi connectivity index (χ2n) is 4.75. The summed E-state index contributed by atoms with van der Waals surface area (Å²) in [6.45, 7) is 9.57. The summed E-state index contributed by atoms with van der Waals surface area (Å²) in [5.74, 6) is 0.922. The Morgan fingerprint density at radius 1 is 1.32 bits per heavy atom. The van der Waals surface area contributed by atoms with Crippen molar-refractivity contribution in [3.05, 3.63) is 59.9 Å². The maximum absolute atomic E-state index is 4.49. The van der Waals surface area contributed by atoms with Crippen LogP contribution in [0.2, 0.25) is 0 Å². The Bertz CT molecular complexity index is 555. The molecule has 0 spiro atoms. The summed E-state index contributed by atoms with van der Waals surface area (Å²) in [5.41, 5.74) is 3.78. The number of hydrogen-bond donors (Lipinski definition) is 1. The monoisotopic (exact) mass is 255 g/mol. The Hall–Kier alpha value is -2.03. The van der Waals surface area contributed by atoms with Gasteiger partial charge in [0.2, 0.25) is 5.95 Å². The molecule has 19 heavy (non-hydrogen) atoms. The second-order valence-corrected chi connectivity index (χ2v) is 4.75. The van der Waals surface area contributed by atoms with Crippen LogP contribution >= 0.6 is 0 Å². The topological polar surface area (TPSA) is 29.9 Å². The predicted molar refractivity (Wildman–Crippen MR) is 80.5 cm³/mol. The second kappa shape index (κ2) is 6.23. The van der Waals surface area contributed by atoms with E-state index in [0.29, 0.717) is 0 Å². The fourth-order valence-electron chi connectivity index (χ4n) is 2.15. The van der Waals surface area contributed by atoms with Crippen LogP contribution < -0.4 is 5.32 Å². The first-order valence-electron chi connectivity index (χ1n) is 6.63. The molecular weight excluding hydrogens is 234 g/mol. The lowest BCUT2D eigenvalue weighted by Gasteiger charge is -2.10. The highest BCUT2D eigenvalue weighted by molar-refractivity contribution is 5.30. The quantitative estimate of drug-likeness (QED) is 0.802. The molecule has 0 aliphatic rings. The van der Waals surface area contributed by atoms with Gasteiger partial charge in [-0.05, 0) is 31.4 Å². The normalized spacial score (nSPS) is 10.4. The average Bonchev–Trinajstić information content (AvgIpc) is 2.76. The van der Waals surface area contributed by atoms with Gasteiger partial charge in [-0.25, -0.2) is 4.98 Å². The van der Waals surface area contributed by atoms with Crippen LogP contribution in [0.3, 0.4) is 0 Å². The fraction of sp³-hybridized carbons (Fsp3) is 0.312. The van der Waals surface area contributed by atoms with Gasteiger partial charge in [0.1, 0.15) is 0 Å². The summed E-state index contributed by atoms with van der Waals surface area (Å²) in [6.07, 6.45) is 4.95. The third-order valence-electron chi connectivity index (χ3n) is 3.18. The van der Waals surface area contributed by atoms with E-state index in [-0.39, 0.29) is 0 Å². The minimum atomic E-state index is 0.737. The summed E-state index contributed by atoms with van der Waals surface area (Å²) < 4.78 is 2.17. The van der Waals surface area contributed by atoms with Gasteiger partial charge in [-0.1, -0.05) is 30.3 Å². The molecule has 0 aliphatic carbocycles. The van der Waals surface area contributed by atoms with Gasteiger partial charge in [0.05, 0.1) is 5.69 Å². The largest absolute Gasteiger partial charge is 0.352 e. The standard InChI is InChI=1S/C16H21N3/c1-4-10-17-16-18-14(3)12-19(16)11-9-15-8-6-5-7-13(15)2/h4-8,12H,1,9-11H2,2-3H3,(H,17,18). The number of aromatic nitrogens is 2. The Morgan fingerprint density at radius 2 is 2.11 bits per heavy atom. The van der Waals surface area contributed by atoms with Crippen molar-refractivity contribution in [1.82, 2.24) is 9.55 Å². The number of nitrogens with zero attached hydrogens (tertiary/aromatic N) is 2. The molecule has 1 heterocycles. The minimum Gasteiger partial charge on any atom is -0.352 e. The van der Waals surface area contributed by atoms with Gasteiger partial charge in [0.25, 0.3) is 0 Å². The number of nitrogens with one attached hydrogen (secondary N) is 1. The van der Waals surface area contributed by atoms with E-state index in [2.05, 4.69) is 58.8 Å². The van der Waals surface area contributed by atoms with Gasteiger partial charge in [-0.15, -0.1) is 6.58 Å². The van der Waals surface area contributed by atoms with Crippen molar-refractivity contribution in [3.63, 3.8) is 0 Å². The number of rotatable bonds is 6.